The molecule has 0 aliphatic carbocycles. The van der Waals surface area contributed by atoms with E-state index in [1.165, 1.54) is 18.1 Å². The Bertz CT molecular complexity index is 1310. The van der Waals surface area contributed by atoms with Gasteiger partial charge in [0.2, 0.25) is 17.7 Å². The molecular formula is C28H40N8O5S. The molecule has 0 radical (unpaired) electrons. The Labute approximate surface area is 248 Å². The number of fused-ring (bicyclic) bond motifs is 1. The van der Waals surface area contributed by atoms with Crippen LogP contribution >= 0.6 is 11.8 Å². The number of carboxylic acid groups (broad SMARTS) is 1. The molecule has 42 heavy (non-hydrogen) atoms. The van der Waals surface area contributed by atoms with Gasteiger partial charge in [-0.3, -0.25) is 14.4 Å². The predicted molar refractivity (Wildman–Crippen MR) is 162 cm³/mol. The van der Waals surface area contributed by atoms with Gasteiger partial charge in [0.05, 0.1) is 12.4 Å². The van der Waals surface area contributed by atoms with Crippen molar-refractivity contribution in [2.45, 2.75) is 62.7 Å². The van der Waals surface area contributed by atoms with E-state index in [2.05, 4.69) is 30.9 Å². The number of hydrogen-bond acceptors (Lipinski definition) is 8. The first-order valence-corrected chi connectivity index (χ1v) is 15.2. The third kappa shape index (κ3) is 9.60. The lowest BCUT2D eigenvalue weighted by Gasteiger charge is -2.25. The first-order chi connectivity index (χ1) is 20.2. The summed E-state index contributed by atoms with van der Waals surface area (Å²) in [4.78, 5) is 61.8. The first-order valence-electron chi connectivity index (χ1n) is 13.8. The number of nitrogens with one attached hydrogen (secondary N) is 5. The van der Waals surface area contributed by atoms with Crippen molar-refractivity contribution in [3.05, 3.63) is 54.2 Å². The van der Waals surface area contributed by atoms with Gasteiger partial charge in [0, 0.05) is 41.8 Å². The Kier molecular flexibility index (Phi) is 12.8. The number of unbranched alkanes of at least 4 members (excludes halogenated alkanes) is 1. The molecule has 0 aliphatic heterocycles. The third-order valence-corrected chi connectivity index (χ3v) is 7.51. The maximum Gasteiger partial charge on any atom is 0.326 e. The standard InChI is InChI=1S/C28H40N8O5S/c1-42-11-9-22(34-25(37)20(30)13-18-15-31-16-33-18)26(38)36-24(12-17-14-32-21-7-3-2-6-19(17)21)27(39)35-23(28(40)41)8-4-5-10-29/h2-3,6-7,14-16,20,22-24,32H,4-5,8-13,29-30H2,1H3,(H,31,33)(H,34,37)(H,35,39)(H,36,38)(H,40,41). The smallest absolute Gasteiger partial charge is 0.326 e. The van der Waals surface area contributed by atoms with Crippen molar-refractivity contribution < 1.29 is 24.3 Å². The number of amides is 3. The molecule has 2 heterocycles. The lowest BCUT2D eigenvalue weighted by Crippen LogP contribution is -2.57. The number of imidazole rings is 1. The Morgan fingerprint density at radius 1 is 0.952 bits per heavy atom. The molecule has 4 unspecified atom stereocenters. The van der Waals surface area contributed by atoms with Gasteiger partial charge in [-0.2, -0.15) is 11.8 Å². The zero-order chi connectivity index (χ0) is 30.5. The molecule has 0 bridgehead atoms. The highest BCUT2D eigenvalue weighted by Gasteiger charge is 2.31. The maximum atomic E-state index is 13.6. The highest BCUT2D eigenvalue weighted by molar-refractivity contribution is 7.98. The number of thioether (sulfide) groups is 1. The van der Waals surface area contributed by atoms with Gasteiger partial charge in [-0.15, -0.1) is 0 Å². The lowest BCUT2D eigenvalue weighted by molar-refractivity contribution is -0.142. The molecule has 0 spiro atoms. The highest BCUT2D eigenvalue weighted by Crippen LogP contribution is 2.19. The van der Waals surface area contributed by atoms with Gasteiger partial charge in [0.1, 0.15) is 18.1 Å². The van der Waals surface area contributed by atoms with Crippen LogP contribution in [0, 0.1) is 0 Å². The number of hydrogen-bond donors (Lipinski definition) is 8. The number of aliphatic carboxylic acids is 1. The van der Waals surface area contributed by atoms with Crippen molar-refractivity contribution >= 4 is 46.4 Å². The average molecular weight is 601 g/mol. The second kappa shape index (κ2) is 16.5. The van der Waals surface area contributed by atoms with E-state index < -0.39 is 47.9 Å². The molecule has 1 aromatic carbocycles. The summed E-state index contributed by atoms with van der Waals surface area (Å²) < 4.78 is 0. The number of carbonyl (C=O) groups is 4. The molecule has 3 aromatic rings. The fraction of sp³-hybridized carbons (Fsp3) is 0.464. The fourth-order valence-electron chi connectivity index (χ4n) is 4.53. The molecule has 0 saturated heterocycles. The number of rotatable bonds is 18. The van der Waals surface area contributed by atoms with Crippen molar-refractivity contribution in [3.8, 4) is 0 Å². The van der Waals surface area contributed by atoms with Gasteiger partial charge in [-0.05, 0) is 55.9 Å². The van der Waals surface area contributed by atoms with Crippen molar-refractivity contribution in [2.75, 3.05) is 18.6 Å². The van der Waals surface area contributed by atoms with E-state index in [9.17, 15) is 24.3 Å². The van der Waals surface area contributed by atoms with Crippen LogP contribution in [0.3, 0.4) is 0 Å². The summed E-state index contributed by atoms with van der Waals surface area (Å²) in [6.45, 7) is 0.411. The molecule has 3 rings (SSSR count). The Morgan fingerprint density at radius 3 is 2.36 bits per heavy atom. The van der Waals surface area contributed by atoms with E-state index in [1.807, 2.05) is 30.5 Å². The van der Waals surface area contributed by atoms with Crippen LogP contribution in [0.15, 0.2) is 43.0 Å². The van der Waals surface area contributed by atoms with E-state index >= 15 is 0 Å². The minimum Gasteiger partial charge on any atom is -0.480 e. The van der Waals surface area contributed by atoms with Crippen LogP contribution in [-0.2, 0) is 32.0 Å². The largest absolute Gasteiger partial charge is 0.480 e. The number of nitrogens with two attached hydrogens (primary N) is 2. The Hall–Kier alpha value is -3.88. The van der Waals surface area contributed by atoms with Crippen molar-refractivity contribution in [3.63, 3.8) is 0 Å². The number of aromatic nitrogens is 3. The maximum absolute atomic E-state index is 13.6. The van der Waals surface area contributed by atoms with Crippen LogP contribution in [0.2, 0.25) is 0 Å². The zero-order valence-electron chi connectivity index (χ0n) is 23.6. The summed E-state index contributed by atoms with van der Waals surface area (Å²) >= 11 is 1.50. The SMILES string of the molecule is CSCCC(NC(=O)C(N)Cc1cnc[nH]1)C(=O)NC(Cc1c[nH]c2ccccc12)C(=O)NC(CCCCN)C(=O)O. The van der Waals surface area contributed by atoms with E-state index in [4.69, 9.17) is 11.5 Å². The number of H-pyrrole nitrogens is 2. The number of aromatic amines is 2. The van der Waals surface area contributed by atoms with Crippen LogP contribution in [0.1, 0.15) is 36.9 Å². The predicted octanol–water partition coefficient (Wildman–Crippen LogP) is 0.425. The fourth-order valence-corrected chi connectivity index (χ4v) is 5.01. The second-order valence-electron chi connectivity index (χ2n) is 10.0. The van der Waals surface area contributed by atoms with E-state index in [0.717, 1.165) is 16.5 Å². The van der Waals surface area contributed by atoms with Gasteiger partial charge >= 0.3 is 5.97 Å². The number of carbonyl (C=O) groups excluding carboxylic acids is 3. The molecule has 14 heteroatoms. The van der Waals surface area contributed by atoms with E-state index in [1.54, 1.807) is 12.4 Å². The van der Waals surface area contributed by atoms with Crippen molar-refractivity contribution in [1.82, 2.24) is 30.9 Å². The number of para-hydroxylation sites is 1. The second-order valence-corrected chi connectivity index (χ2v) is 11.0. The molecule has 3 amide bonds. The summed E-state index contributed by atoms with van der Waals surface area (Å²) in [5, 5.41) is 18.7. The Morgan fingerprint density at radius 2 is 1.67 bits per heavy atom. The average Bonchev–Trinajstić information content (AvgIpc) is 3.64. The minimum atomic E-state index is -1.17. The number of benzene rings is 1. The van der Waals surface area contributed by atoms with E-state index in [-0.39, 0.29) is 19.3 Å². The van der Waals surface area contributed by atoms with Gasteiger partial charge < -0.3 is 42.5 Å². The highest BCUT2D eigenvalue weighted by atomic mass is 32.2. The molecule has 228 valence electrons. The third-order valence-electron chi connectivity index (χ3n) is 6.87. The summed E-state index contributed by atoms with van der Waals surface area (Å²) in [5.74, 6) is -2.33. The van der Waals surface area contributed by atoms with Gasteiger partial charge in [-0.1, -0.05) is 18.2 Å². The normalized spacial score (nSPS) is 14.1. The molecule has 0 fully saturated rings. The van der Waals surface area contributed by atoms with Crippen LogP contribution in [0.5, 0.6) is 0 Å². The lowest BCUT2D eigenvalue weighted by atomic mass is 10.0. The Balaban J connectivity index is 1.79. The quantitative estimate of drug-likeness (QED) is 0.0947. The van der Waals surface area contributed by atoms with Gasteiger partial charge in [-0.25, -0.2) is 9.78 Å². The molecular weight excluding hydrogens is 560 g/mol. The molecule has 2 aromatic heterocycles. The van der Waals surface area contributed by atoms with Gasteiger partial charge in [0.25, 0.3) is 0 Å². The zero-order valence-corrected chi connectivity index (χ0v) is 24.4. The molecule has 4 atom stereocenters. The summed E-state index contributed by atoms with van der Waals surface area (Å²) in [7, 11) is 0. The van der Waals surface area contributed by atoms with Crippen LogP contribution in [0.4, 0.5) is 0 Å². The number of carboxylic acids is 1. The van der Waals surface area contributed by atoms with Crippen molar-refractivity contribution in [1.29, 1.82) is 0 Å². The molecule has 13 nitrogen and oxygen atoms in total. The number of nitrogens with zero attached hydrogens (tertiary/aromatic N) is 1. The summed E-state index contributed by atoms with van der Waals surface area (Å²) in [6.07, 6.45) is 8.64. The van der Waals surface area contributed by atoms with Crippen molar-refractivity contribution in [2.24, 2.45) is 11.5 Å². The molecule has 0 aliphatic rings. The van der Waals surface area contributed by atoms with Crippen LogP contribution < -0.4 is 27.4 Å². The monoisotopic (exact) mass is 600 g/mol. The topological polar surface area (TPSA) is 221 Å². The van der Waals surface area contributed by atoms with E-state index in [0.29, 0.717) is 37.3 Å². The molecule has 10 N–H and O–H groups in total. The first kappa shape index (κ1) is 32.6. The summed E-state index contributed by atoms with van der Waals surface area (Å²) in [6, 6.07) is 3.40. The summed E-state index contributed by atoms with van der Waals surface area (Å²) in [5.41, 5.74) is 13.9. The molecule has 0 saturated carbocycles. The van der Waals surface area contributed by atoms with Gasteiger partial charge in [0.15, 0.2) is 0 Å². The minimum absolute atomic E-state index is 0.0965. The van der Waals surface area contributed by atoms with Crippen LogP contribution in [0.25, 0.3) is 10.9 Å². The van der Waals surface area contributed by atoms with Crippen LogP contribution in [-0.4, -0.2) is 86.5 Å².